The van der Waals surface area contributed by atoms with Crippen LogP contribution in [0.25, 0.3) is 0 Å². The Labute approximate surface area is 88.1 Å². The lowest BCUT2D eigenvalue weighted by Crippen LogP contribution is -2.19. The molecule has 1 aromatic rings. The summed E-state index contributed by atoms with van der Waals surface area (Å²) < 4.78 is 10.4. The van der Waals surface area contributed by atoms with Gasteiger partial charge in [-0.1, -0.05) is 6.92 Å². The highest BCUT2D eigenvalue weighted by Crippen LogP contribution is 2.25. The zero-order valence-corrected chi connectivity index (χ0v) is 9.33. The van der Waals surface area contributed by atoms with Gasteiger partial charge in [0.25, 0.3) is 0 Å². The normalized spacial score (nSPS) is 11.7. The third kappa shape index (κ3) is 2.18. The molecule has 0 aromatic carbocycles. The largest absolute Gasteiger partial charge is 0.475 e. The van der Waals surface area contributed by atoms with Crippen LogP contribution in [0.5, 0.6) is 0 Å². The maximum absolute atomic E-state index is 10.8. The van der Waals surface area contributed by atoms with E-state index >= 15 is 0 Å². The molecule has 0 saturated carbocycles. The van der Waals surface area contributed by atoms with E-state index in [1.54, 1.807) is 13.8 Å². The Morgan fingerprint density at radius 2 is 2.20 bits per heavy atom. The first-order valence-electron chi connectivity index (χ1n) is 4.71. The predicted octanol–water partition coefficient (Wildman–Crippen LogP) is 1.82. The molecule has 5 heteroatoms. The Bertz CT molecular complexity index is 367. The van der Waals surface area contributed by atoms with E-state index in [1.165, 1.54) is 7.11 Å². The van der Waals surface area contributed by atoms with Gasteiger partial charge in [-0.3, -0.25) is 0 Å². The second-order valence-electron chi connectivity index (χ2n) is 3.67. The SMILES string of the molecule is CCc1nc(C(C)(C)OC)oc1C(=O)O. The summed E-state index contributed by atoms with van der Waals surface area (Å²) in [6.07, 6.45) is 0.519. The number of rotatable bonds is 4. The van der Waals surface area contributed by atoms with Gasteiger partial charge in [0.15, 0.2) is 0 Å². The van der Waals surface area contributed by atoms with Crippen molar-refractivity contribution in [3.8, 4) is 0 Å². The third-order valence-corrected chi connectivity index (χ3v) is 2.25. The lowest BCUT2D eigenvalue weighted by molar-refractivity contribution is -0.00472. The number of carboxylic acids is 1. The first-order chi connectivity index (χ1) is 6.92. The maximum Gasteiger partial charge on any atom is 0.373 e. The molecule has 0 bridgehead atoms. The van der Waals surface area contributed by atoms with Crippen LogP contribution in [0.3, 0.4) is 0 Å². The van der Waals surface area contributed by atoms with Crippen molar-refractivity contribution < 1.29 is 19.1 Å². The van der Waals surface area contributed by atoms with Gasteiger partial charge in [-0.25, -0.2) is 9.78 Å². The van der Waals surface area contributed by atoms with Crippen LogP contribution in [0.2, 0.25) is 0 Å². The monoisotopic (exact) mass is 213 g/mol. The van der Waals surface area contributed by atoms with E-state index in [0.29, 0.717) is 18.0 Å². The molecular weight excluding hydrogens is 198 g/mol. The number of methoxy groups -OCH3 is 1. The van der Waals surface area contributed by atoms with Crippen LogP contribution in [0.1, 0.15) is 42.9 Å². The number of ether oxygens (including phenoxy) is 1. The van der Waals surface area contributed by atoms with Crippen molar-refractivity contribution in [2.75, 3.05) is 7.11 Å². The lowest BCUT2D eigenvalue weighted by atomic mass is 10.1. The van der Waals surface area contributed by atoms with E-state index in [2.05, 4.69) is 4.98 Å². The van der Waals surface area contributed by atoms with Gasteiger partial charge >= 0.3 is 5.97 Å². The van der Waals surface area contributed by atoms with Gasteiger partial charge in [-0.05, 0) is 20.3 Å². The molecule has 1 heterocycles. The summed E-state index contributed by atoms with van der Waals surface area (Å²) >= 11 is 0. The van der Waals surface area contributed by atoms with E-state index in [9.17, 15) is 4.79 Å². The second kappa shape index (κ2) is 4.02. The number of hydrogen-bond acceptors (Lipinski definition) is 4. The van der Waals surface area contributed by atoms with Crippen LogP contribution in [0.4, 0.5) is 0 Å². The van der Waals surface area contributed by atoms with E-state index in [1.807, 2.05) is 6.92 Å². The minimum Gasteiger partial charge on any atom is -0.475 e. The number of nitrogens with zero attached hydrogens (tertiary/aromatic N) is 1. The van der Waals surface area contributed by atoms with Crippen molar-refractivity contribution in [3.63, 3.8) is 0 Å². The fourth-order valence-electron chi connectivity index (χ4n) is 1.10. The second-order valence-corrected chi connectivity index (χ2v) is 3.67. The molecule has 0 aliphatic rings. The predicted molar refractivity (Wildman–Crippen MR) is 52.9 cm³/mol. The summed E-state index contributed by atoms with van der Waals surface area (Å²) in [5, 5.41) is 8.87. The molecule has 0 saturated heterocycles. The molecular formula is C10H15NO4. The number of aryl methyl sites for hydroxylation is 1. The standard InChI is InChI=1S/C10H15NO4/c1-5-6-7(8(12)13)15-9(11-6)10(2,3)14-4/h5H2,1-4H3,(H,12,13). The van der Waals surface area contributed by atoms with Crippen LogP contribution in [-0.2, 0) is 16.8 Å². The first kappa shape index (κ1) is 11.7. The van der Waals surface area contributed by atoms with Gasteiger partial charge in [-0.15, -0.1) is 0 Å². The number of hydrogen-bond donors (Lipinski definition) is 1. The van der Waals surface area contributed by atoms with E-state index in [-0.39, 0.29) is 5.76 Å². The van der Waals surface area contributed by atoms with Crippen LogP contribution in [0.15, 0.2) is 4.42 Å². The average molecular weight is 213 g/mol. The van der Waals surface area contributed by atoms with Crippen molar-refractivity contribution in [2.45, 2.75) is 32.8 Å². The molecule has 0 unspecified atom stereocenters. The average Bonchev–Trinajstić information content (AvgIpc) is 2.62. The van der Waals surface area contributed by atoms with Crippen LogP contribution in [0, 0.1) is 0 Å². The quantitative estimate of drug-likeness (QED) is 0.825. The van der Waals surface area contributed by atoms with E-state index in [0.717, 1.165) is 0 Å². The summed E-state index contributed by atoms with van der Waals surface area (Å²) in [4.78, 5) is 15.0. The molecule has 15 heavy (non-hydrogen) atoms. The highest BCUT2D eigenvalue weighted by molar-refractivity contribution is 5.85. The van der Waals surface area contributed by atoms with Crippen LogP contribution >= 0.6 is 0 Å². The number of carbonyl (C=O) groups is 1. The molecule has 5 nitrogen and oxygen atoms in total. The summed E-state index contributed by atoms with van der Waals surface area (Å²) in [5.74, 6) is -0.908. The Hall–Kier alpha value is -1.36. The summed E-state index contributed by atoms with van der Waals surface area (Å²) in [7, 11) is 1.52. The summed E-state index contributed by atoms with van der Waals surface area (Å²) in [6, 6.07) is 0. The number of oxazole rings is 1. The molecule has 0 amide bonds. The molecule has 0 spiro atoms. The molecule has 84 valence electrons. The van der Waals surface area contributed by atoms with Crippen molar-refractivity contribution in [2.24, 2.45) is 0 Å². The molecule has 0 radical (unpaired) electrons. The topological polar surface area (TPSA) is 72.6 Å². The van der Waals surface area contributed by atoms with Crippen molar-refractivity contribution >= 4 is 5.97 Å². The molecule has 0 aliphatic heterocycles. The molecule has 0 atom stereocenters. The van der Waals surface area contributed by atoms with Crippen molar-refractivity contribution in [3.05, 3.63) is 17.3 Å². The summed E-state index contributed by atoms with van der Waals surface area (Å²) in [5.41, 5.74) is -0.264. The molecule has 0 aliphatic carbocycles. The van der Waals surface area contributed by atoms with Gasteiger partial charge in [0, 0.05) is 7.11 Å². The van der Waals surface area contributed by atoms with Gasteiger partial charge in [0.1, 0.15) is 5.60 Å². The first-order valence-corrected chi connectivity index (χ1v) is 4.71. The van der Waals surface area contributed by atoms with E-state index < -0.39 is 11.6 Å². The van der Waals surface area contributed by atoms with Gasteiger partial charge < -0.3 is 14.3 Å². The van der Waals surface area contributed by atoms with E-state index in [4.69, 9.17) is 14.3 Å². The highest BCUT2D eigenvalue weighted by atomic mass is 16.5. The fraction of sp³-hybridized carbons (Fsp3) is 0.600. The molecule has 1 aromatic heterocycles. The minimum atomic E-state index is -1.10. The van der Waals surface area contributed by atoms with Crippen molar-refractivity contribution in [1.29, 1.82) is 0 Å². The minimum absolute atomic E-state index is 0.0994. The number of aromatic nitrogens is 1. The molecule has 1 N–H and O–H groups in total. The van der Waals surface area contributed by atoms with Crippen LogP contribution in [-0.4, -0.2) is 23.2 Å². The Kier molecular flexibility index (Phi) is 3.14. The lowest BCUT2D eigenvalue weighted by Gasteiger charge is -2.17. The van der Waals surface area contributed by atoms with Crippen molar-refractivity contribution in [1.82, 2.24) is 4.98 Å². The fourth-order valence-corrected chi connectivity index (χ4v) is 1.10. The number of aromatic carboxylic acids is 1. The highest BCUT2D eigenvalue weighted by Gasteiger charge is 2.29. The third-order valence-electron chi connectivity index (χ3n) is 2.25. The van der Waals surface area contributed by atoms with Gasteiger partial charge in [0.2, 0.25) is 11.7 Å². The maximum atomic E-state index is 10.8. The number of carboxylic acid groups (broad SMARTS) is 1. The smallest absolute Gasteiger partial charge is 0.373 e. The zero-order chi connectivity index (χ0) is 11.6. The van der Waals surface area contributed by atoms with Gasteiger partial charge in [-0.2, -0.15) is 0 Å². The Balaban J connectivity index is 3.19. The van der Waals surface area contributed by atoms with Crippen LogP contribution < -0.4 is 0 Å². The Morgan fingerprint density at radius 3 is 2.53 bits per heavy atom. The zero-order valence-electron chi connectivity index (χ0n) is 9.33. The Morgan fingerprint density at radius 1 is 1.60 bits per heavy atom. The molecule has 1 rings (SSSR count). The summed E-state index contributed by atoms with van der Waals surface area (Å²) in [6.45, 7) is 5.36. The molecule has 0 fully saturated rings. The van der Waals surface area contributed by atoms with Gasteiger partial charge in [0.05, 0.1) is 5.69 Å².